The molecule has 1 N–H and O–H groups in total. The van der Waals surface area contributed by atoms with Gasteiger partial charge in [0.1, 0.15) is 0 Å². The van der Waals surface area contributed by atoms with Crippen LogP contribution < -0.4 is 5.32 Å². The normalized spacial score (nSPS) is 24.4. The molecule has 0 amide bonds. The lowest BCUT2D eigenvalue weighted by atomic mass is 9.93. The van der Waals surface area contributed by atoms with Crippen LogP contribution in [0.15, 0.2) is 24.5 Å². The molecule has 0 aliphatic carbocycles. The fraction of sp³-hybridized carbons (Fsp3) is 0.643. The first kappa shape index (κ1) is 12.5. The van der Waals surface area contributed by atoms with Crippen molar-refractivity contribution in [2.45, 2.75) is 38.3 Å². The highest BCUT2D eigenvalue weighted by Crippen LogP contribution is 2.24. The molecule has 3 nitrogen and oxygen atoms in total. The average molecular weight is 233 g/mol. The molecule has 0 saturated carbocycles. The zero-order valence-electron chi connectivity index (χ0n) is 10.9. The van der Waals surface area contributed by atoms with Crippen LogP contribution in [0.3, 0.4) is 0 Å². The first-order valence-corrected chi connectivity index (χ1v) is 6.56. The van der Waals surface area contributed by atoms with Crippen molar-refractivity contribution in [2.24, 2.45) is 0 Å². The van der Waals surface area contributed by atoms with E-state index in [0.29, 0.717) is 5.54 Å². The predicted octanol–water partition coefficient (Wildman–Crippen LogP) is 2.05. The molecule has 1 atom stereocenters. The Kier molecular flexibility index (Phi) is 4.13. The van der Waals surface area contributed by atoms with Gasteiger partial charge in [-0.3, -0.25) is 4.98 Å². The van der Waals surface area contributed by atoms with Gasteiger partial charge in [0, 0.05) is 31.0 Å². The largest absolute Gasteiger partial charge is 0.310 e. The van der Waals surface area contributed by atoms with Gasteiger partial charge in [0.2, 0.25) is 0 Å². The minimum Gasteiger partial charge on any atom is -0.310 e. The second-order valence-corrected chi connectivity index (χ2v) is 5.19. The third-order valence-electron chi connectivity index (χ3n) is 3.78. The summed E-state index contributed by atoms with van der Waals surface area (Å²) in [4.78, 5) is 6.47. The third kappa shape index (κ3) is 3.27. The van der Waals surface area contributed by atoms with Crippen LogP contribution in [-0.2, 0) is 6.54 Å². The van der Waals surface area contributed by atoms with Gasteiger partial charge in [-0.25, -0.2) is 0 Å². The van der Waals surface area contributed by atoms with Crippen LogP contribution in [0.2, 0.25) is 0 Å². The van der Waals surface area contributed by atoms with E-state index in [0.717, 1.165) is 13.1 Å². The number of nitrogens with zero attached hydrogens (tertiary/aromatic N) is 2. The maximum Gasteiger partial charge on any atom is 0.0306 e. The molecule has 94 valence electrons. The maximum absolute atomic E-state index is 4.05. The van der Waals surface area contributed by atoms with Gasteiger partial charge in [-0.05, 0) is 50.6 Å². The van der Waals surface area contributed by atoms with Crippen molar-refractivity contribution in [3.05, 3.63) is 30.1 Å². The molecule has 0 radical (unpaired) electrons. The lowest BCUT2D eigenvalue weighted by molar-refractivity contribution is 0.214. The highest BCUT2D eigenvalue weighted by atomic mass is 15.2. The minimum atomic E-state index is 0.349. The number of rotatable bonds is 5. The zero-order chi connectivity index (χ0) is 12.1. The Bertz CT molecular complexity index is 331. The average Bonchev–Trinajstić information content (AvgIpc) is 2.79. The van der Waals surface area contributed by atoms with Crippen LogP contribution in [-0.4, -0.2) is 35.6 Å². The molecule has 17 heavy (non-hydrogen) atoms. The molecular weight excluding hydrogens is 210 g/mol. The number of hydrogen-bond donors (Lipinski definition) is 1. The first-order valence-electron chi connectivity index (χ1n) is 6.56. The molecule has 1 aromatic heterocycles. The van der Waals surface area contributed by atoms with E-state index in [-0.39, 0.29) is 0 Å². The Morgan fingerprint density at radius 3 is 2.76 bits per heavy atom. The Morgan fingerprint density at radius 2 is 2.18 bits per heavy atom. The van der Waals surface area contributed by atoms with Gasteiger partial charge in [0.15, 0.2) is 0 Å². The summed E-state index contributed by atoms with van der Waals surface area (Å²) in [5.74, 6) is 0. The predicted molar refractivity (Wildman–Crippen MR) is 70.8 cm³/mol. The van der Waals surface area contributed by atoms with Gasteiger partial charge < -0.3 is 10.2 Å². The van der Waals surface area contributed by atoms with Crippen molar-refractivity contribution in [2.75, 3.05) is 20.1 Å². The SMILES string of the molecule is CCC1(CN(C)Cc2ccncc2)CCCN1. The topological polar surface area (TPSA) is 28.2 Å². The molecule has 1 aromatic rings. The van der Waals surface area contributed by atoms with E-state index in [2.05, 4.69) is 41.3 Å². The van der Waals surface area contributed by atoms with Crippen LogP contribution in [0, 0.1) is 0 Å². The molecule has 0 bridgehead atoms. The van der Waals surface area contributed by atoms with Crippen LogP contribution in [0.5, 0.6) is 0 Å². The van der Waals surface area contributed by atoms with Gasteiger partial charge in [0.05, 0.1) is 0 Å². The van der Waals surface area contributed by atoms with Crippen LogP contribution in [0.1, 0.15) is 31.7 Å². The van der Waals surface area contributed by atoms with Crippen molar-refractivity contribution >= 4 is 0 Å². The van der Waals surface area contributed by atoms with E-state index in [9.17, 15) is 0 Å². The maximum atomic E-state index is 4.05. The monoisotopic (exact) mass is 233 g/mol. The number of likely N-dealkylation sites (N-methyl/N-ethyl adjacent to an activating group) is 1. The summed E-state index contributed by atoms with van der Waals surface area (Å²) >= 11 is 0. The van der Waals surface area contributed by atoms with Crippen molar-refractivity contribution < 1.29 is 0 Å². The second-order valence-electron chi connectivity index (χ2n) is 5.19. The summed E-state index contributed by atoms with van der Waals surface area (Å²) in [5, 5.41) is 3.68. The first-order chi connectivity index (χ1) is 8.24. The van der Waals surface area contributed by atoms with Crippen LogP contribution in [0.25, 0.3) is 0 Å². The summed E-state index contributed by atoms with van der Waals surface area (Å²) in [6.45, 7) is 5.60. The molecule has 0 spiro atoms. The number of hydrogen-bond acceptors (Lipinski definition) is 3. The minimum absolute atomic E-state index is 0.349. The number of nitrogens with one attached hydrogen (secondary N) is 1. The van der Waals surface area contributed by atoms with Crippen molar-refractivity contribution in [3.63, 3.8) is 0 Å². The Labute approximate surface area is 104 Å². The molecule has 3 heteroatoms. The number of aromatic nitrogens is 1. The molecule has 1 aliphatic heterocycles. The van der Waals surface area contributed by atoms with Crippen molar-refractivity contribution in [3.8, 4) is 0 Å². The number of pyridine rings is 1. The molecule has 2 rings (SSSR count). The van der Waals surface area contributed by atoms with Gasteiger partial charge >= 0.3 is 0 Å². The van der Waals surface area contributed by atoms with E-state index in [4.69, 9.17) is 0 Å². The molecule has 1 unspecified atom stereocenters. The molecule has 2 heterocycles. The van der Waals surface area contributed by atoms with Crippen molar-refractivity contribution in [1.29, 1.82) is 0 Å². The Hall–Kier alpha value is -0.930. The molecule has 0 aromatic carbocycles. The molecular formula is C14H23N3. The highest BCUT2D eigenvalue weighted by Gasteiger charge is 2.32. The molecule has 1 aliphatic rings. The van der Waals surface area contributed by atoms with Gasteiger partial charge in [-0.15, -0.1) is 0 Å². The Morgan fingerprint density at radius 1 is 1.41 bits per heavy atom. The summed E-state index contributed by atoms with van der Waals surface area (Å²) in [5.41, 5.74) is 1.69. The van der Waals surface area contributed by atoms with Crippen molar-refractivity contribution in [1.82, 2.24) is 15.2 Å². The fourth-order valence-electron chi connectivity index (χ4n) is 2.79. The van der Waals surface area contributed by atoms with E-state index >= 15 is 0 Å². The van der Waals surface area contributed by atoms with Crippen LogP contribution in [0.4, 0.5) is 0 Å². The third-order valence-corrected chi connectivity index (χ3v) is 3.78. The smallest absolute Gasteiger partial charge is 0.0306 e. The fourth-order valence-corrected chi connectivity index (χ4v) is 2.79. The van der Waals surface area contributed by atoms with Crippen LogP contribution >= 0.6 is 0 Å². The van der Waals surface area contributed by atoms with E-state index in [1.807, 2.05) is 12.4 Å². The van der Waals surface area contributed by atoms with Gasteiger partial charge in [-0.1, -0.05) is 6.92 Å². The van der Waals surface area contributed by atoms with E-state index in [1.54, 1.807) is 0 Å². The van der Waals surface area contributed by atoms with E-state index in [1.165, 1.54) is 31.4 Å². The standard InChI is InChI=1S/C14H23N3/c1-3-14(7-4-8-16-14)12-17(2)11-13-5-9-15-10-6-13/h5-6,9-10,16H,3-4,7-8,11-12H2,1-2H3. The summed E-state index contributed by atoms with van der Waals surface area (Å²) in [6.07, 6.45) is 7.58. The summed E-state index contributed by atoms with van der Waals surface area (Å²) in [6, 6.07) is 4.19. The van der Waals surface area contributed by atoms with E-state index < -0.39 is 0 Å². The lowest BCUT2D eigenvalue weighted by Crippen LogP contribution is -2.48. The lowest BCUT2D eigenvalue weighted by Gasteiger charge is -2.33. The van der Waals surface area contributed by atoms with Gasteiger partial charge in [0.25, 0.3) is 0 Å². The second kappa shape index (κ2) is 5.61. The van der Waals surface area contributed by atoms with Gasteiger partial charge in [-0.2, -0.15) is 0 Å². The summed E-state index contributed by atoms with van der Waals surface area (Å²) in [7, 11) is 2.21. The quantitative estimate of drug-likeness (QED) is 0.843. The zero-order valence-corrected chi connectivity index (χ0v) is 10.9. The molecule has 1 fully saturated rings. The summed E-state index contributed by atoms with van der Waals surface area (Å²) < 4.78 is 0. The molecule has 1 saturated heterocycles. The Balaban J connectivity index is 1.90. The highest BCUT2D eigenvalue weighted by molar-refractivity contribution is 5.09.